The predicted molar refractivity (Wildman–Crippen MR) is 95.5 cm³/mol. The molecule has 0 unspecified atom stereocenters. The van der Waals surface area contributed by atoms with Crippen molar-refractivity contribution >= 4 is 22.6 Å². The van der Waals surface area contributed by atoms with Gasteiger partial charge in [0, 0.05) is 11.3 Å². The Hall–Kier alpha value is -2.27. The number of hydrogen-bond donors (Lipinski definition) is 1. The van der Waals surface area contributed by atoms with Gasteiger partial charge < -0.3 is 9.47 Å². The Morgan fingerprint density at radius 1 is 1.13 bits per heavy atom. The number of nitrogens with zero attached hydrogens (tertiary/aromatic N) is 1. The summed E-state index contributed by atoms with van der Waals surface area (Å²) < 4.78 is 11.0. The average molecular weight is 328 g/mol. The van der Waals surface area contributed by atoms with Crippen LogP contribution in [0, 0.1) is 0 Å². The van der Waals surface area contributed by atoms with Crippen LogP contribution in [0.4, 0.5) is 0 Å². The molecule has 1 aliphatic rings. The largest absolute Gasteiger partial charge is 0.493 e. The molecule has 0 fully saturated rings. The lowest BCUT2D eigenvalue weighted by Crippen LogP contribution is -2.08. The Bertz CT molecular complexity index is 777. The van der Waals surface area contributed by atoms with Crippen molar-refractivity contribution in [2.75, 3.05) is 14.2 Å². The summed E-state index contributed by atoms with van der Waals surface area (Å²) in [6.45, 7) is 4.21. The maximum Gasteiger partial charge on any atom is 0.161 e. The molecule has 1 aromatic carbocycles. The van der Waals surface area contributed by atoms with Gasteiger partial charge in [0.05, 0.1) is 19.1 Å². The number of benzene rings is 1. The van der Waals surface area contributed by atoms with Gasteiger partial charge in [-0.3, -0.25) is 5.43 Å². The number of allylic oxidation sites excluding steroid dienone is 2. The molecule has 0 atom stereocenters. The van der Waals surface area contributed by atoms with Crippen LogP contribution < -0.4 is 14.9 Å². The summed E-state index contributed by atoms with van der Waals surface area (Å²) in [7, 11) is 3.32. The summed E-state index contributed by atoms with van der Waals surface area (Å²) in [5, 5.41) is 6.70. The van der Waals surface area contributed by atoms with Crippen LogP contribution >= 0.6 is 11.3 Å². The maximum atomic E-state index is 5.49. The molecule has 0 saturated heterocycles. The average Bonchev–Trinajstić information content (AvgIpc) is 3.06. The smallest absolute Gasteiger partial charge is 0.161 e. The lowest BCUT2D eigenvalue weighted by Gasteiger charge is -2.16. The second-order valence-electron chi connectivity index (χ2n) is 5.26. The zero-order valence-corrected chi connectivity index (χ0v) is 14.6. The predicted octanol–water partition coefficient (Wildman–Crippen LogP) is 4.26. The highest BCUT2D eigenvalue weighted by molar-refractivity contribution is 7.12. The van der Waals surface area contributed by atoms with Crippen LogP contribution in [0.25, 0.3) is 5.57 Å². The summed E-state index contributed by atoms with van der Waals surface area (Å²) in [4.78, 5) is 1.12. The number of nitrogens with one attached hydrogen (secondary N) is 1. The van der Waals surface area contributed by atoms with Crippen LogP contribution in [0.15, 0.2) is 40.4 Å². The fraction of sp³-hybridized carbons (Fsp3) is 0.278. The third kappa shape index (κ3) is 2.72. The zero-order chi connectivity index (χ0) is 16.4. The molecule has 0 saturated carbocycles. The van der Waals surface area contributed by atoms with E-state index in [2.05, 4.69) is 35.8 Å². The lowest BCUT2D eigenvalue weighted by atomic mass is 9.93. The Morgan fingerprint density at radius 2 is 1.83 bits per heavy atom. The molecule has 0 bridgehead atoms. The fourth-order valence-electron chi connectivity index (χ4n) is 2.85. The molecule has 5 heteroatoms. The number of ether oxygens (including phenoxy) is 2. The van der Waals surface area contributed by atoms with Gasteiger partial charge in [0.2, 0.25) is 0 Å². The highest BCUT2D eigenvalue weighted by Crippen LogP contribution is 2.38. The van der Waals surface area contributed by atoms with E-state index in [1.54, 1.807) is 25.6 Å². The van der Waals surface area contributed by atoms with E-state index in [-0.39, 0.29) is 0 Å². The molecule has 1 N–H and O–H groups in total. The third-order valence-corrected chi connectivity index (χ3v) is 4.88. The van der Waals surface area contributed by atoms with Crippen LogP contribution in [-0.2, 0) is 0 Å². The first-order valence-corrected chi connectivity index (χ1v) is 8.41. The number of methoxy groups -OCH3 is 2. The SMILES string of the molecule is CCC1=C(C)NN=C(c2cccs2)c2cc(OC)c(OC)cc21. The van der Waals surface area contributed by atoms with E-state index in [1.807, 2.05) is 18.2 Å². The van der Waals surface area contributed by atoms with Crippen molar-refractivity contribution in [2.24, 2.45) is 5.10 Å². The highest BCUT2D eigenvalue weighted by Gasteiger charge is 2.22. The van der Waals surface area contributed by atoms with E-state index in [1.165, 1.54) is 5.57 Å². The number of fused-ring (bicyclic) bond motifs is 1. The molecule has 0 radical (unpaired) electrons. The first kappa shape index (κ1) is 15.6. The third-order valence-electron chi connectivity index (χ3n) is 4.00. The number of hydrazone groups is 1. The second kappa shape index (κ2) is 6.46. The summed E-state index contributed by atoms with van der Waals surface area (Å²) in [5.41, 5.74) is 8.62. The van der Waals surface area contributed by atoms with Crippen molar-refractivity contribution in [1.29, 1.82) is 0 Å². The van der Waals surface area contributed by atoms with Crippen molar-refractivity contribution in [3.05, 3.63) is 51.3 Å². The number of rotatable bonds is 4. The molecular formula is C18H20N2O2S. The van der Waals surface area contributed by atoms with E-state index in [0.717, 1.165) is 39.6 Å². The van der Waals surface area contributed by atoms with Crippen LogP contribution in [0.2, 0.25) is 0 Å². The van der Waals surface area contributed by atoms with E-state index >= 15 is 0 Å². The molecular weight excluding hydrogens is 308 g/mol. The van der Waals surface area contributed by atoms with Crippen LogP contribution in [0.3, 0.4) is 0 Å². The van der Waals surface area contributed by atoms with E-state index in [4.69, 9.17) is 9.47 Å². The molecule has 1 aliphatic heterocycles. The molecule has 2 heterocycles. The standard InChI is InChI=1S/C18H20N2O2S/c1-5-12-11(2)19-20-18(17-7-6-8-23-17)14-10-16(22-4)15(21-3)9-13(12)14/h6-10,19H,5H2,1-4H3. The van der Waals surface area contributed by atoms with Gasteiger partial charge in [0.1, 0.15) is 5.71 Å². The van der Waals surface area contributed by atoms with Gasteiger partial charge in [-0.1, -0.05) is 13.0 Å². The van der Waals surface area contributed by atoms with E-state index in [0.29, 0.717) is 5.75 Å². The van der Waals surface area contributed by atoms with Gasteiger partial charge >= 0.3 is 0 Å². The van der Waals surface area contributed by atoms with E-state index in [9.17, 15) is 0 Å². The Labute approximate surface area is 140 Å². The van der Waals surface area contributed by atoms with Crippen molar-refractivity contribution in [1.82, 2.24) is 5.43 Å². The van der Waals surface area contributed by atoms with Gasteiger partial charge in [-0.05, 0) is 48.1 Å². The lowest BCUT2D eigenvalue weighted by molar-refractivity contribution is 0.355. The molecule has 120 valence electrons. The first-order chi connectivity index (χ1) is 11.2. The summed E-state index contributed by atoms with van der Waals surface area (Å²) in [6, 6.07) is 8.18. The second-order valence-corrected chi connectivity index (χ2v) is 6.21. The molecule has 4 nitrogen and oxygen atoms in total. The van der Waals surface area contributed by atoms with Crippen molar-refractivity contribution < 1.29 is 9.47 Å². The Balaban J connectivity index is 2.29. The monoisotopic (exact) mass is 328 g/mol. The molecule has 0 spiro atoms. The molecule has 0 amide bonds. The van der Waals surface area contributed by atoms with Crippen molar-refractivity contribution in [3.63, 3.8) is 0 Å². The molecule has 23 heavy (non-hydrogen) atoms. The molecule has 1 aromatic heterocycles. The fourth-order valence-corrected chi connectivity index (χ4v) is 3.58. The van der Waals surface area contributed by atoms with Gasteiger partial charge in [-0.2, -0.15) is 5.10 Å². The molecule has 0 aliphatic carbocycles. The van der Waals surface area contributed by atoms with Crippen molar-refractivity contribution in [2.45, 2.75) is 20.3 Å². The van der Waals surface area contributed by atoms with E-state index < -0.39 is 0 Å². The molecule has 3 rings (SSSR count). The highest BCUT2D eigenvalue weighted by atomic mass is 32.1. The maximum absolute atomic E-state index is 5.49. The minimum Gasteiger partial charge on any atom is -0.493 e. The van der Waals surface area contributed by atoms with Crippen LogP contribution in [-0.4, -0.2) is 19.9 Å². The molecule has 2 aromatic rings. The quantitative estimate of drug-likeness (QED) is 0.912. The zero-order valence-electron chi connectivity index (χ0n) is 13.8. The number of hydrogen-bond acceptors (Lipinski definition) is 5. The van der Waals surface area contributed by atoms with Crippen LogP contribution in [0.5, 0.6) is 11.5 Å². The summed E-state index contributed by atoms with van der Waals surface area (Å²) >= 11 is 1.67. The topological polar surface area (TPSA) is 42.9 Å². The first-order valence-electron chi connectivity index (χ1n) is 7.53. The minimum atomic E-state index is 0.713. The Kier molecular flexibility index (Phi) is 4.39. The summed E-state index contributed by atoms with van der Waals surface area (Å²) in [5.74, 6) is 1.45. The van der Waals surface area contributed by atoms with Gasteiger partial charge in [-0.15, -0.1) is 11.3 Å². The summed E-state index contributed by atoms with van der Waals surface area (Å²) in [6.07, 6.45) is 0.911. The minimum absolute atomic E-state index is 0.713. The van der Waals surface area contributed by atoms with Gasteiger partial charge in [0.15, 0.2) is 11.5 Å². The van der Waals surface area contributed by atoms with Crippen molar-refractivity contribution in [3.8, 4) is 11.5 Å². The Morgan fingerprint density at radius 3 is 2.39 bits per heavy atom. The number of thiophene rings is 1. The van der Waals surface area contributed by atoms with Crippen LogP contribution in [0.1, 0.15) is 36.3 Å². The normalized spacial score (nSPS) is 13.8. The van der Waals surface area contributed by atoms with Gasteiger partial charge in [0.25, 0.3) is 0 Å². The van der Waals surface area contributed by atoms with Gasteiger partial charge in [-0.25, -0.2) is 0 Å².